The van der Waals surface area contributed by atoms with E-state index in [1.54, 1.807) is 0 Å². The van der Waals surface area contributed by atoms with Crippen LogP contribution < -0.4 is 10.6 Å². The number of hydrogen-bond acceptors (Lipinski definition) is 3. The van der Waals surface area contributed by atoms with Crippen molar-refractivity contribution in [2.24, 2.45) is 5.73 Å². The Hall–Kier alpha value is -1.06. The van der Waals surface area contributed by atoms with Gasteiger partial charge >= 0.3 is 0 Å². The van der Waals surface area contributed by atoms with Gasteiger partial charge in [-0.3, -0.25) is 0 Å². The smallest absolute Gasteiger partial charge is 0.0641 e. The number of para-hydroxylation sites is 1. The van der Waals surface area contributed by atoms with Crippen LogP contribution in [0.4, 0.5) is 5.69 Å². The summed E-state index contributed by atoms with van der Waals surface area (Å²) in [5.74, 6) is 0. The van der Waals surface area contributed by atoms with E-state index in [1.807, 2.05) is 0 Å². The van der Waals surface area contributed by atoms with Crippen LogP contribution in [0.5, 0.6) is 0 Å². The quantitative estimate of drug-likeness (QED) is 0.814. The Morgan fingerprint density at radius 1 is 1.33 bits per heavy atom. The second kappa shape index (κ2) is 6.76. The number of benzene rings is 1. The van der Waals surface area contributed by atoms with Crippen molar-refractivity contribution in [3.63, 3.8) is 0 Å². The van der Waals surface area contributed by atoms with Crippen molar-refractivity contribution in [2.75, 3.05) is 31.2 Å². The molecule has 18 heavy (non-hydrogen) atoms. The van der Waals surface area contributed by atoms with Crippen molar-refractivity contribution in [1.82, 2.24) is 0 Å². The van der Waals surface area contributed by atoms with E-state index < -0.39 is 0 Å². The third-order valence-electron chi connectivity index (χ3n) is 3.47. The molecular formula is C15H24N2O. The molecule has 1 aliphatic rings. The number of hydrogen-bond donors (Lipinski definition) is 1. The Morgan fingerprint density at radius 3 is 3.00 bits per heavy atom. The lowest BCUT2D eigenvalue weighted by molar-refractivity contribution is 0.141. The molecule has 100 valence electrons. The van der Waals surface area contributed by atoms with Gasteiger partial charge in [0.15, 0.2) is 0 Å². The molecule has 0 aliphatic carbocycles. The number of rotatable bonds is 5. The molecule has 2 rings (SSSR count). The number of ether oxygens (including phenoxy) is 1. The number of anilines is 1. The molecule has 0 aromatic heterocycles. The van der Waals surface area contributed by atoms with Crippen LogP contribution in [0.25, 0.3) is 0 Å². The molecule has 3 nitrogen and oxygen atoms in total. The summed E-state index contributed by atoms with van der Waals surface area (Å²) in [5, 5.41) is 0. The highest BCUT2D eigenvalue weighted by molar-refractivity contribution is 5.55. The Balaban J connectivity index is 2.04. The van der Waals surface area contributed by atoms with Crippen LogP contribution in [0, 0.1) is 0 Å². The van der Waals surface area contributed by atoms with Crippen molar-refractivity contribution < 1.29 is 4.74 Å². The molecule has 0 amide bonds. The fraction of sp³-hybridized carbons (Fsp3) is 0.600. The Bertz CT molecular complexity index is 367. The zero-order valence-electron chi connectivity index (χ0n) is 11.3. The van der Waals surface area contributed by atoms with Gasteiger partial charge in [-0.1, -0.05) is 25.1 Å². The molecule has 0 bridgehead atoms. The Labute approximate surface area is 110 Å². The second-order valence-corrected chi connectivity index (χ2v) is 4.91. The maximum atomic E-state index is 6.23. The molecule has 1 unspecified atom stereocenters. The summed E-state index contributed by atoms with van der Waals surface area (Å²) in [5.41, 5.74) is 8.80. The lowest BCUT2D eigenvalue weighted by Crippen LogP contribution is -2.28. The van der Waals surface area contributed by atoms with Crippen LogP contribution in [0.15, 0.2) is 24.3 Å². The highest BCUT2D eigenvalue weighted by Crippen LogP contribution is 2.30. The van der Waals surface area contributed by atoms with E-state index in [4.69, 9.17) is 10.5 Å². The first-order chi connectivity index (χ1) is 8.83. The predicted octanol–water partition coefficient (Wildman–Crippen LogP) is 2.71. The molecule has 1 atom stereocenters. The fourth-order valence-corrected chi connectivity index (χ4v) is 2.52. The molecule has 1 heterocycles. The lowest BCUT2D eigenvalue weighted by atomic mass is 10.0. The molecule has 1 aromatic carbocycles. The van der Waals surface area contributed by atoms with Gasteiger partial charge in [-0.2, -0.15) is 0 Å². The zero-order valence-corrected chi connectivity index (χ0v) is 11.3. The van der Waals surface area contributed by atoms with Gasteiger partial charge in [0.1, 0.15) is 0 Å². The summed E-state index contributed by atoms with van der Waals surface area (Å²) >= 11 is 0. The van der Waals surface area contributed by atoms with Crippen LogP contribution in [-0.4, -0.2) is 26.3 Å². The van der Waals surface area contributed by atoms with Gasteiger partial charge < -0.3 is 15.4 Å². The molecule has 1 aliphatic heterocycles. The topological polar surface area (TPSA) is 38.5 Å². The van der Waals surface area contributed by atoms with Crippen LogP contribution >= 0.6 is 0 Å². The van der Waals surface area contributed by atoms with E-state index >= 15 is 0 Å². The molecule has 0 saturated carbocycles. The van der Waals surface area contributed by atoms with E-state index in [2.05, 4.69) is 36.1 Å². The maximum Gasteiger partial charge on any atom is 0.0641 e. The van der Waals surface area contributed by atoms with Crippen LogP contribution in [0.3, 0.4) is 0 Å². The van der Waals surface area contributed by atoms with Crippen LogP contribution in [-0.2, 0) is 4.74 Å². The molecular weight excluding hydrogens is 224 g/mol. The average molecular weight is 248 g/mol. The van der Waals surface area contributed by atoms with Gasteiger partial charge in [0.2, 0.25) is 0 Å². The first-order valence-corrected chi connectivity index (χ1v) is 7.00. The summed E-state index contributed by atoms with van der Waals surface area (Å²) in [6, 6.07) is 8.70. The van der Waals surface area contributed by atoms with E-state index in [9.17, 15) is 0 Å². The first kappa shape index (κ1) is 13.4. The molecule has 0 saturated heterocycles. The van der Waals surface area contributed by atoms with Crippen LogP contribution in [0.1, 0.15) is 37.8 Å². The molecule has 0 fully saturated rings. The molecule has 1 aromatic rings. The third-order valence-corrected chi connectivity index (χ3v) is 3.47. The van der Waals surface area contributed by atoms with Crippen molar-refractivity contribution in [1.29, 1.82) is 0 Å². The summed E-state index contributed by atoms with van der Waals surface area (Å²) in [6.45, 7) is 5.84. The molecule has 3 heteroatoms. The first-order valence-electron chi connectivity index (χ1n) is 7.00. The summed E-state index contributed by atoms with van der Waals surface area (Å²) in [6.07, 6.45) is 3.31. The van der Waals surface area contributed by atoms with Gasteiger partial charge in [0.25, 0.3) is 0 Å². The van der Waals surface area contributed by atoms with Crippen molar-refractivity contribution in [3.8, 4) is 0 Å². The largest absolute Gasteiger partial charge is 0.380 e. The minimum absolute atomic E-state index is 0.183. The van der Waals surface area contributed by atoms with Crippen molar-refractivity contribution >= 4 is 5.69 Å². The van der Waals surface area contributed by atoms with Gasteiger partial charge in [0.05, 0.1) is 6.61 Å². The third kappa shape index (κ3) is 3.24. The van der Waals surface area contributed by atoms with E-state index in [1.165, 1.54) is 11.3 Å². The van der Waals surface area contributed by atoms with Gasteiger partial charge in [-0.25, -0.2) is 0 Å². The number of fused-ring (bicyclic) bond motifs is 1. The average Bonchev–Trinajstić information content (AvgIpc) is 2.56. The monoisotopic (exact) mass is 248 g/mol. The predicted molar refractivity (Wildman–Crippen MR) is 75.9 cm³/mol. The highest BCUT2D eigenvalue weighted by atomic mass is 16.5. The fourth-order valence-electron chi connectivity index (χ4n) is 2.52. The Morgan fingerprint density at radius 2 is 2.17 bits per heavy atom. The van der Waals surface area contributed by atoms with E-state index in [0.29, 0.717) is 0 Å². The normalized spacial score (nSPS) is 19.4. The van der Waals surface area contributed by atoms with Gasteiger partial charge in [-0.05, 0) is 30.9 Å². The highest BCUT2D eigenvalue weighted by Gasteiger charge is 2.19. The number of nitrogens with zero attached hydrogens (tertiary/aromatic N) is 1. The van der Waals surface area contributed by atoms with E-state index in [-0.39, 0.29) is 6.04 Å². The summed E-state index contributed by atoms with van der Waals surface area (Å²) in [4.78, 5) is 2.41. The lowest BCUT2D eigenvalue weighted by Gasteiger charge is -2.25. The maximum absolute atomic E-state index is 6.23. The minimum atomic E-state index is 0.183. The number of nitrogens with two attached hydrogens (primary N) is 1. The Kier molecular flexibility index (Phi) is 5.02. The standard InChI is InChI=1S/C15H24N2O/c1-2-11-18-12-10-17-9-5-7-14(16)13-6-3-4-8-15(13)17/h3-4,6,8,14H,2,5,7,9-12,16H2,1H3. The van der Waals surface area contributed by atoms with Gasteiger partial charge in [-0.15, -0.1) is 0 Å². The summed E-state index contributed by atoms with van der Waals surface area (Å²) < 4.78 is 5.60. The van der Waals surface area contributed by atoms with E-state index in [0.717, 1.165) is 45.6 Å². The zero-order chi connectivity index (χ0) is 12.8. The minimum Gasteiger partial charge on any atom is -0.380 e. The molecule has 2 N–H and O–H groups in total. The second-order valence-electron chi connectivity index (χ2n) is 4.91. The van der Waals surface area contributed by atoms with Crippen LogP contribution in [0.2, 0.25) is 0 Å². The van der Waals surface area contributed by atoms with Crippen molar-refractivity contribution in [2.45, 2.75) is 32.2 Å². The SMILES string of the molecule is CCCOCCN1CCCC(N)c2ccccc21. The summed E-state index contributed by atoms with van der Waals surface area (Å²) in [7, 11) is 0. The van der Waals surface area contributed by atoms with Crippen molar-refractivity contribution in [3.05, 3.63) is 29.8 Å². The van der Waals surface area contributed by atoms with Gasteiger partial charge in [0, 0.05) is 31.4 Å². The molecule has 0 radical (unpaired) electrons. The molecule has 0 spiro atoms.